The standard InChI is InChI=1S/C17H24N4O/c1-13-11-14(2)21(20-13)10-6-9-19-17(22)16(18)12-15-7-4-3-5-8-15/h3-5,7-8,11,16H,6,9-10,12,18H2,1-2H3,(H,19,22). The molecule has 2 rings (SSSR count). The molecule has 0 spiro atoms. The largest absolute Gasteiger partial charge is 0.355 e. The summed E-state index contributed by atoms with van der Waals surface area (Å²) >= 11 is 0. The second-order valence-electron chi connectivity index (χ2n) is 5.59. The first kappa shape index (κ1) is 16.2. The highest BCUT2D eigenvalue weighted by atomic mass is 16.2. The molecule has 118 valence electrons. The van der Waals surface area contributed by atoms with Gasteiger partial charge in [0.15, 0.2) is 0 Å². The number of benzene rings is 1. The van der Waals surface area contributed by atoms with Gasteiger partial charge in [0.1, 0.15) is 0 Å². The molecule has 0 fully saturated rings. The number of aryl methyl sites for hydroxylation is 3. The summed E-state index contributed by atoms with van der Waals surface area (Å²) in [5.41, 5.74) is 9.18. The van der Waals surface area contributed by atoms with Crippen LogP contribution in [0.3, 0.4) is 0 Å². The molecule has 5 heteroatoms. The van der Waals surface area contributed by atoms with Crippen molar-refractivity contribution in [3.63, 3.8) is 0 Å². The maximum atomic E-state index is 12.0. The van der Waals surface area contributed by atoms with Gasteiger partial charge in [-0.05, 0) is 38.3 Å². The molecule has 0 aliphatic heterocycles. The molecule has 2 aromatic rings. The predicted octanol–water partition coefficient (Wildman–Crippen LogP) is 1.58. The van der Waals surface area contributed by atoms with Crippen molar-refractivity contribution < 1.29 is 4.79 Å². The van der Waals surface area contributed by atoms with Crippen LogP contribution in [0, 0.1) is 13.8 Å². The van der Waals surface area contributed by atoms with E-state index in [-0.39, 0.29) is 5.91 Å². The van der Waals surface area contributed by atoms with Gasteiger partial charge in [-0.25, -0.2) is 0 Å². The van der Waals surface area contributed by atoms with Crippen LogP contribution in [0.5, 0.6) is 0 Å². The highest BCUT2D eigenvalue weighted by Crippen LogP contribution is 2.03. The van der Waals surface area contributed by atoms with Crippen molar-refractivity contribution in [2.24, 2.45) is 5.73 Å². The van der Waals surface area contributed by atoms with Crippen LogP contribution in [0.25, 0.3) is 0 Å². The van der Waals surface area contributed by atoms with Gasteiger partial charge >= 0.3 is 0 Å². The van der Waals surface area contributed by atoms with Crippen molar-refractivity contribution in [3.05, 3.63) is 53.3 Å². The number of nitrogens with one attached hydrogen (secondary N) is 1. The average Bonchev–Trinajstić information content (AvgIpc) is 2.82. The lowest BCUT2D eigenvalue weighted by Gasteiger charge is -2.12. The van der Waals surface area contributed by atoms with E-state index in [0.29, 0.717) is 13.0 Å². The topological polar surface area (TPSA) is 72.9 Å². The molecule has 3 N–H and O–H groups in total. The summed E-state index contributed by atoms with van der Waals surface area (Å²) in [7, 11) is 0. The molecule has 1 aromatic heterocycles. The summed E-state index contributed by atoms with van der Waals surface area (Å²) in [6, 6.07) is 11.4. The quantitative estimate of drug-likeness (QED) is 0.762. The van der Waals surface area contributed by atoms with Gasteiger partial charge in [0, 0.05) is 18.8 Å². The zero-order valence-corrected chi connectivity index (χ0v) is 13.2. The first-order chi connectivity index (χ1) is 10.6. The molecule has 0 aliphatic rings. The van der Waals surface area contributed by atoms with E-state index in [1.165, 1.54) is 0 Å². The molecule has 5 nitrogen and oxygen atoms in total. The van der Waals surface area contributed by atoms with E-state index < -0.39 is 6.04 Å². The molecule has 0 saturated heterocycles. The lowest BCUT2D eigenvalue weighted by molar-refractivity contribution is -0.122. The second kappa shape index (κ2) is 7.75. The van der Waals surface area contributed by atoms with Crippen LogP contribution in [0.15, 0.2) is 36.4 Å². The summed E-state index contributed by atoms with van der Waals surface area (Å²) < 4.78 is 1.96. The Kier molecular flexibility index (Phi) is 5.72. The van der Waals surface area contributed by atoms with Gasteiger partial charge in [-0.3, -0.25) is 9.48 Å². The minimum atomic E-state index is -0.504. The molecule has 1 unspecified atom stereocenters. The van der Waals surface area contributed by atoms with Crippen LogP contribution < -0.4 is 11.1 Å². The van der Waals surface area contributed by atoms with Crippen molar-refractivity contribution in [2.75, 3.05) is 6.54 Å². The molecule has 0 aliphatic carbocycles. The number of hydrogen-bond donors (Lipinski definition) is 2. The summed E-state index contributed by atoms with van der Waals surface area (Å²) in [4.78, 5) is 12.0. The van der Waals surface area contributed by atoms with Crippen molar-refractivity contribution in [3.8, 4) is 0 Å². The van der Waals surface area contributed by atoms with Gasteiger partial charge in [0.2, 0.25) is 5.91 Å². The monoisotopic (exact) mass is 300 g/mol. The number of hydrogen-bond acceptors (Lipinski definition) is 3. The molecule has 1 atom stereocenters. The maximum Gasteiger partial charge on any atom is 0.237 e. The fourth-order valence-electron chi connectivity index (χ4n) is 2.43. The Labute approximate surface area is 131 Å². The van der Waals surface area contributed by atoms with Crippen molar-refractivity contribution in [1.29, 1.82) is 0 Å². The van der Waals surface area contributed by atoms with Crippen LogP contribution in [0.4, 0.5) is 0 Å². The fourth-order valence-corrected chi connectivity index (χ4v) is 2.43. The van der Waals surface area contributed by atoms with E-state index in [1.54, 1.807) is 0 Å². The number of rotatable bonds is 7. The van der Waals surface area contributed by atoms with E-state index in [9.17, 15) is 4.79 Å². The molecule has 1 heterocycles. The second-order valence-corrected chi connectivity index (χ2v) is 5.59. The lowest BCUT2D eigenvalue weighted by Crippen LogP contribution is -2.42. The third kappa shape index (κ3) is 4.70. The third-order valence-electron chi connectivity index (χ3n) is 3.58. The SMILES string of the molecule is Cc1cc(C)n(CCCNC(=O)C(N)Cc2ccccc2)n1. The highest BCUT2D eigenvalue weighted by molar-refractivity contribution is 5.81. The Hall–Kier alpha value is -2.14. The van der Waals surface area contributed by atoms with Crippen LogP contribution in [0.2, 0.25) is 0 Å². The minimum Gasteiger partial charge on any atom is -0.355 e. The van der Waals surface area contributed by atoms with Gasteiger partial charge < -0.3 is 11.1 Å². The van der Waals surface area contributed by atoms with E-state index in [0.717, 1.165) is 29.9 Å². The number of carbonyl (C=O) groups excluding carboxylic acids is 1. The van der Waals surface area contributed by atoms with Gasteiger partial charge in [-0.2, -0.15) is 5.10 Å². The van der Waals surface area contributed by atoms with Gasteiger partial charge in [0.05, 0.1) is 11.7 Å². The Balaban J connectivity index is 1.70. The number of nitrogens with zero attached hydrogens (tertiary/aromatic N) is 2. The van der Waals surface area contributed by atoms with Crippen molar-refractivity contribution in [2.45, 2.75) is 39.3 Å². The Morgan fingerprint density at radius 3 is 2.68 bits per heavy atom. The molecule has 1 amide bonds. The fraction of sp³-hybridized carbons (Fsp3) is 0.412. The van der Waals surface area contributed by atoms with E-state index in [2.05, 4.69) is 10.4 Å². The first-order valence-electron chi connectivity index (χ1n) is 7.64. The van der Waals surface area contributed by atoms with E-state index >= 15 is 0 Å². The van der Waals surface area contributed by atoms with Crippen molar-refractivity contribution >= 4 is 5.91 Å². The normalized spacial score (nSPS) is 12.1. The summed E-state index contributed by atoms with van der Waals surface area (Å²) in [6.07, 6.45) is 1.40. The molecule has 1 aromatic carbocycles. The number of carbonyl (C=O) groups is 1. The minimum absolute atomic E-state index is 0.0998. The molecular weight excluding hydrogens is 276 g/mol. The average molecular weight is 300 g/mol. The summed E-state index contributed by atoms with van der Waals surface area (Å²) in [5, 5.41) is 7.29. The Bertz CT molecular complexity index is 606. The Morgan fingerprint density at radius 2 is 2.05 bits per heavy atom. The zero-order chi connectivity index (χ0) is 15.9. The first-order valence-corrected chi connectivity index (χ1v) is 7.64. The molecule has 0 bridgehead atoms. The molecule has 22 heavy (non-hydrogen) atoms. The number of amides is 1. The summed E-state index contributed by atoms with van der Waals surface area (Å²) in [6.45, 7) is 5.43. The maximum absolute atomic E-state index is 12.0. The molecule has 0 saturated carbocycles. The van der Waals surface area contributed by atoms with Gasteiger partial charge in [0.25, 0.3) is 0 Å². The number of aromatic nitrogens is 2. The van der Waals surface area contributed by atoms with E-state index in [1.807, 2.05) is 54.9 Å². The number of nitrogens with two attached hydrogens (primary N) is 1. The van der Waals surface area contributed by atoms with Crippen molar-refractivity contribution in [1.82, 2.24) is 15.1 Å². The lowest BCUT2D eigenvalue weighted by atomic mass is 10.1. The highest BCUT2D eigenvalue weighted by Gasteiger charge is 2.13. The van der Waals surface area contributed by atoms with Gasteiger partial charge in [-0.15, -0.1) is 0 Å². The van der Waals surface area contributed by atoms with Crippen LogP contribution in [-0.4, -0.2) is 28.3 Å². The molecular formula is C17H24N4O. The smallest absolute Gasteiger partial charge is 0.237 e. The van der Waals surface area contributed by atoms with Crippen LogP contribution >= 0.6 is 0 Å². The van der Waals surface area contributed by atoms with Crippen LogP contribution in [0.1, 0.15) is 23.4 Å². The van der Waals surface area contributed by atoms with E-state index in [4.69, 9.17) is 5.73 Å². The zero-order valence-electron chi connectivity index (χ0n) is 13.2. The van der Waals surface area contributed by atoms with Crippen LogP contribution in [-0.2, 0) is 17.8 Å². The van der Waals surface area contributed by atoms with Gasteiger partial charge in [-0.1, -0.05) is 30.3 Å². The predicted molar refractivity (Wildman–Crippen MR) is 87.4 cm³/mol. The summed E-state index contributed by atoms with van der Waals surface area (Å²) in [5.74, 6) is -0.0998. The third-order valence-corrected chi connectivity index (χ3v) is 3.58. The Morgan fingerprint density at radius 1 is 1.32 bits per heavy atom. The molecule has 0 radical (unpaired) electrons.